The number of hydrogen-bond donors (Lipinski definition) is 0. The van der Waals surface area contributed by atoms with Gasteiger partial charge in [0.2, 0.25) is 0 Å². The molecule has 160 valence electrons. The summed E-state index contributed by atoms with van der Waals surface area (Å²) < 4.78 is 12.7. The maximum Gasteiger partial charge on any atom is 0.158 e. The van der Waals surface area contributed by atoms with Crippen molar-refractivity contribution in [3.63, 3.8) is 0 Å². The van der Waals surface area contributed by atoms with Crippen molar-refractivity contribution < 1.29 is 14.3 Å². The lowest BCUT2D eigenvalue weighted by Gasteiger charge is -2.39. The highest BCUT2D eigenvalue weighted by molar-refractivity contribution is 9.10. The SMILES string of the molecule is O=CC1(c2ccc(Br)c(COC3CCCCO3)c2)CCN(Cc2ccccc2)CC1. The van der Waals surface area contributed by atoms with Crippen LogP contribution in [0.2, 0.25) is 0 Å². The van der Waals surface area contributed by atoms with E-state index in [1.54, 1.807) is 0 Å². The van der Waals surface area contributed by atoms with E-state index >= 15 is 0 Å². The summed E-state index contributed by atoms with van der Waals surface area (Å²) in [6.07, 6.45) is 5.96. The summed E-state index contributed by atoms with van der Waals surface area (Å²) in [5.41, 5.74) is 3.09. The van der Waals surface area contributed by atoms with Crippen molar-refractivity contribution in [2.75, 3.05) is 19.7 Å². The molecule has 1 unspecified atom stereocenters. The molecule has 0 spiro atoms. The molecule has 0 bridgehead atoms. The maximum absolute atomic E-state index is 12.3. The standard InChI is InChI=1S/C25H30BrNO3/c26-23-10-9-22(16-21(23)18-30-24-8-4-5-15-29-24)25(19-28)11-13-27(14-12-25)17-20-6-2-1-3-7-20/h1-3,6-7,9-10,16,19,24H,4-5,8,11-15,17-18H2. The van der Waals surface area contributed by atoms with Gasteiger partial charge in [0.1, 0.15) is 6.29 Å². The zero-order valence-electron chi connectivity index (χ0n) is 17.4. The van der Waals surface area contributed by atoms with Crippen LogP contribution in [0.5, 0.6) is 0 Å². The van der Waals surface area contributed by atoms with Crippen LogP contribution in [-0.2, 0) is 32.8 Å². The summed E-state index contributed by atoms with van der Waals surface area (Å²) in [6.45, 7) is 4.06. The van der Waals surface area contributed by atoms with Crippen LogP contribution in [0.4, 0.5) is 0 Å². The number of carbonyl (C=O) groups excluding carboxylic acids is 1. The van der Waals surface area contributed by atoms with Gasteiger partial charge in [0.05, 0.1) is 12.0 Å². The van der Waals surface area contributed by atoms with Gasteiger partial charge < -0.3 is 14.3 Å². The number of ether oxygens (including phenoxy) is 2. The molecule has 0 N–H and O–H groups in total. The van der Waals surface area contributed by atoms with Gasteiger partial charge in [0.15, 0.2) is 6.29 Å². The minimum absolute atomic E-state index is 0.115. The second kappa shape index (κ2) is 10.2. The van der Waals surface area contributed by atoms with Crippen LogP contribution in [0.1, 0.15) is 48.8 Å². The lowest BCUT2D eigenvalue weighted by molar-refractivity contribution is -0.169. The van der Waals surface area contributed by atoms with E-state index in [1.165, 1.54) is 11.8 Å². The van der Waals surface area contributed by atoms with Gasteiger partial charge in [0.25, 0.3) is 0 Å². The number of piperidine rings is 1. The fraction of sp³-hybridized carbons (Fsp3) is 0.480. The normalized spacial score (nSPS) is 22.0. The van der Waals surface area contributed by atoms with Crippen LogP contribution in [0.3, 0.4) is 0 Å². The molecule has 2 saturated heterocycles. The van der Waals surface area contributed by atoms with Gasteiger partial charge in [-0.05, 0) is 68.0 Å². The van der Waals surface area contributed by atoms with Gasteiger partial charge in [-0.15, -0.1) is 0 Å². The number of aldehydes is 1. The van der Waals surface area contributed by atoms with Gasteiger partial charge in [-0.2, -0.15) is 0 Å². The van der Waals surface area contributed by atoms with Gasteiger partial charge >= 0.3 is 0 Å². The summed E-state index contributed by atoms with van der Waals surface area (Å²) >= 11 is 3.65. The summed E-state index contributed by atoms with van der Waals surface area (Å²) in [5, 5.41) is 0. The van der Waals surface area contributed by atoms with E-state index in [2.05, 4.69) is 63.3 Å². The van der Waals surface area contributed by atoms with E-state index in [9.17, 15) is 4.79 Å². The highest BCUT2D eigenvalue weighted by Crippen LogP contribution is 2.36. The second-order valence-electron chi connectivity index (χ2n) is 8.45. The zero-order valence-corrected chi connectivity index (χ0v) is 19.0. The fourth-order valence-corrected chi connectivity index (χ4v) is 4.81. The average molecular weight is 472 g/mol. The first-order valence-electron chi connectivity index (χ1n) is 10.9. The number of carbonyl (C=O) groups is 1. The molecule has 0 amide bonds. The first-order chi connectivity index (χ1) is 14.7. The highest BCUT2D eigenvalue weighted by Gasteiger charge is 2.36. The number of likely N-dealkylation sites (tertiary alicyclic amines) is 1. The van der Waals surface area contributed by atoms with Crippen molar-refractivity contribution in [1.29, 1.82) is 0 Å². The van der Waals surface area contributed by atoms with Crippen molar-refractivity contribution in [1.82, 2.24) is 4.90 Å². The third-order valence-corrected chi connectivity index (χ3v) is 7.18. The predicted octanol–water partition coefficient (Wildman–Crippen LogP) is 5.23. The Morgan fingerprint density at radius 3 is 2.63 bits per heavy atom. The molecule has 0 radical (unpaired) electrons. The monoisotopic (exact) mass is 471 g/mol. The molecule has 2 heterocycles. The number of nitrogens with zero attached hydrogens (tertiary/aromatic N) is 1. The Balaban J connectivity index is 1.42. The minimum Gasteiger partial charge on any atom is -0.353 e. The Labute approximate surface area is 187 Å². The molecule has 5 heteroatoms. The van der Waals surface area contributed by atoms with E-state index in [4.69, 9.17) is 9.47 Å². The Morgan fingerprint density at radius 2 is 1.93 bits per heavy atom. The topological polar surface area (TPSA) is 38.8 Å². The van der Waals surface area contributed by atoms with E-state index in [1.807, 2.05) is 6.07 Å². The quantitative estimate of drug-likeness (QED) is 0.518. The first-order valence-corrected chi connectivity index (χ1v) is 11.7. The Kier molecular flexibility index (Phi) is 7.37. The predicted molar refractivity (Wildman–Crippen MR) is 121 cm³/mol. The van der Waals surface area contributed by atoms with Crippen molar-refractivity contribution in [3.8, 4) is 0 Å². The average Bonchev–Trinajstić information content (AvgIpc) is 2.81. The molecule has 2 fully saturated rings. The van der Waals surface area contributed by atoms with Crippen LogP contribution in [-0.4, -0.2) is 37.2 Å². The van der Waals surface area contributed by atoms with Crippen molar-refractivity contribution >= 4 is 22.2 Å². The summed E-state index contributed by atoms with van der Waals surface area (Å²) in [6, 6.07) is 16.8. The van der Waals surface area contributed by atoms with Crippen molar-refractivity contribution in [3.05, 3.63) is 69.7 Å². The molecule has 0 aliphatic carbocycles. The van der Waals surface area contributed by atoms with Gasteiger partial charge in [-0.3, -0.25) is 4.90 Å². The summed E-state index contributed by atoms with van der Waals surface area (Å²) in [7, 11) is 0. The molecule has 1 atom stereocenters. The molecule has 4 nitrogen and oxygen atoms in total. The third kappa shape index (κ3) is 5.20. The third-order valence-electron chi connectivity index (χ3n) is 6.41. The van der Waals surface area contributed by atoms with Crippen LogP contribution in [0, 0.1) is 0 Å². The molecule has 0 aromatic heterocycles. The van der Waals surface area contributed by atoms with Crippen LogP contribution < -0.4 is 0 Å². The first kappa shape index (κ1) is 21.7. The number of rotatable bonds is 7. The van der Waals surface area contributed by atoms with Gasteiger partial charge in [-0.1, -0.05) is 58.4 Å². The Hall–Kier alpha value is -1.53. The van der Waals surface area contributed by atoms with Crippen LogP contribution >= 0.6 is 15.9 Å². The number of halogens is 1. The van der Waals surface area contributed by atoms with E-state index in [0.717, 1.165) is 73.9 Å². The van der Waals surface area contributed by atoms with Crippen molar-refractivity contribution in [2.24, 2.45) is 0 Å². The Morgan fingerprint density at radius 1 is 1.13 bits per heavy atom. The van der Waals surface area contributed by atoms with Crippen LogP contribution in [0.15, 0.2) is 53.0 Å². The molecule has 2 aliphatic rings. The Bertz CT molecular complexity index is 828. The molecule has 4 rings (SSSR count). The van der Waals surface area contributed by atoms with E-state index in [0.29, 0.717) is 6.61 Å². The van der Waals surface area contributed by atoms with E-state index < -0.39 is 5.41 Å². The number of hydrogen-bond acceptors (Lipinski definition) is 4. The minimum atomic E-state index is -0.413. The van der Waals surface area contributed by atoms with Gasteiger partial charge in [-0.25, -0.2) is 0 Å². The molecule has 2 aliphatic heterocycles. The molecule has 2 aromatic carbocycles. The molecule has 30 heavy (non-hydrogen) atoms. The largest absolute Gasteiger partial charge is 0.353 e. The fourth-order valence-electron chi connectivity index (χ4n) is 4.45. The molecule has 2 aromatic rings. The molecule has 0 saturated carbocycles. The summed E-state index contributed by atoms with van der Waals surface area (Å²) in [4.78, 5) is 14.7. The maximum atomic E-state index is 12.3. The van der Waals surface area contributed by atoms with Crippen molar-refractivity contribution in [2.45, 2.75) is 57.0 Å². The van der Waals surface area contributed by atoms with Gasteiger partial charge in [0, 0.05) is 17.6 Å². The summed E-state index contributed by atoms with van der Waals surface area (Å²) in [5.74, 6) is 0. The van der Waals surface area contributed by atoms with E-state index in [-0.39, 0.29) is 6.29 Å². The lowest BCUT2D eigenvalue weighted by Crippen LogP contribution is -2.43. The highest BCUT2D eigenvalue weighted by atomic mass is 79.9. The molecular formula is C25H30BrNO3. The zero-order chi connectivity index (χ0) is 20.8. The molecular weight excluding hydrogens is 442 g/mol. The smallest absolute Gasteiger partial charge is 0.158 e. The lowest BCUT2D eigenvalue weighted by atomic mass is 9.73. The van der Waals surface area contributed by atoms with Crippen LogP contribution in [0.25, 0.3) is 0 Å². The number of benzene rings is 2. The second-order valence-corrected chi connectivity index (χ2v) is 9.30.